The molecule has 0 amide bonds. The summed E-state index contributed by atoms with van der Waals surface area (Å²) in [6.45, 7) is 0.388. The Balaban J connectivity index is 2.00. The zero-order valence-corrected chi connectivity index (χ0v) is 9.30. The number of rotatable bonds is 4. The monoisotopic (exact) mass is 247 g/mol. The summed E-state index contributed by atoms with van der Waals surface area (Å²) in [6.07, 6.45) is 0. The standard InChI is InChI=1S/C12H10FN3O2/c13-9-3-1-2-8(6-9)7-14-11-5-4-10(12(17)18)15-16-11/h1-6H,7H2,(H,14,16)(H,17,18). The number of nitrogens with one attached hydrogen (secondary N) is 1. The van der Waals surface area contributed by atoms with Gasteiger partial charge in [-0.2, -0.15) is 0 Å². The van der Waals surface area contributed by atoms with E-state index in [1.54, 1.807) is 12.1 Å². The van der Waals surface area contributed by atoms with Crippen molar-refractivity contribution in [2.24, 2.45) is 0 Å². The maximum absolute atomic E-state index is 12.9. The summed E-state index contributed by atoms with van der Waals surface area (Å²) in [7, 11) is 0. The van der Waals surface area contributed by atoms with Crippen LogP contribution in [0.4, 0.5) is 10.2 Å². The number of nitrogens with zero attached hydrogens (tertiary/aromatic N) is 2. The van der Waals surface area contributed by atoms with E-state index in [1.807, 2.05) is 0 Å². The highest BCUT2D eigenvalue weighted by atomic mass is 19.1. The highest BCUT2D eigenvalue weighted by Gasteiger charge is 2.04. The second-order valence-corrected chi connectivity index (χ2v) is 3.59. The van der Waals surface area contributed by atoms with Crippen LogP contribution in [-0.2, 0) is 6.54 Å². The Morgan fingerprint density at radius 1 is 1.28 bits per heavy atom. The number of carboxylic acids is 1. The highest BCUT2D eigenvalue weighted by Crippen LogP contribution is 2.07. The van der Waals surface area contributed by atoms with Crippen LogP contribution in [0.25, 0.3) is 0 Å². The number of anilines is 1. The minimum Gasteiger partial charge on any atom is -0.476 e. The van der Waals surface area contributed by atoms with Gasteiger partial charge < -0.3 is 10.4 Å². The van der Waals surface area contributed by atoms with Gasteiger partial charge in [0.05, 0.1) is 0 Å². The molecule has 0 saturated heterocycles. The molecule has 0 bridgehead atoms. The van der Waals surface area contributed by atoms with Crippen LogP contribution in [0.1, 0.15) is 16.1 Å². The lowest BCUT2D eigenvalue weighted by Crippen LogP contribution is -2.06. The molecule has 0 aliphatic heterocycles. The van der Waals surface area contributed by atoms with Crippen molar-refractivity contribution in [3.63, 3.8) is 0 Å². The molecular weight excluding hydrogens is 237 g/mol. The number of hydrogen-bond acceptors (Lipinski definition) is 4. The smallest absolute Gasteiger partial charge is 0.356 e. The Bertz CT molecular complexity index is 558. The van der Waals surface area contributed by atoms with E-state index in [0.29, 0.717) is 12.4 Å². The van der Waals surface area contributed by atoms with Crippen molar-refractivity contribution in [2.45, 2.75) is 6.54 Å². The van der Waals surface area contributed by atoms with Crippen LogP contribution in [0.15, 0.2) is 36.4 Å². The third-order valence-corrected chi connectivity index (χ3v) is 2.25. The van der Waals surface area contributed by atoms with E-state index in [4.69, 9.17) is 5.11 Å². The molecule has 0 radical (unpaired) electrons. The third-order valence-electron chi connectivity index (χ3n) is 2.25. The lowest BCUT2D eigenvalue weighted by molar-refractivity contribution is 0.0689. The van der Waals surface area contributed by atoms with Gasteiger partial charge in [-0.3, -0.25) is 0 Å². The normalized spacial score (nSPS) is 10.1. The summed E-state index contributed by atoms with van der Waals surface area (Å²) in [5.74, 6) is -0.995. The van der Waals surface area contributed by atoms with Crippen LogP contribution in [0.3, 0.4) is 0 Å². The molecule has 2 N–H and O–H groups in total. The summed E-state index contributed by atoms with van der Waals surface area (Å²) in [4.78, 5) is 10.6. The fourth-order valence-corrected chi connectivity index (χ4v) is 1.38. The van der Waals surface area contributed by atoms with E-state index in [-0.39, 0.29) is 11.5 Å². The minimum absolute atomic E-state index is 0.119. The average Bonchev–Trinajstić information content (AvgIpc) is 2.37. The van der Waals surface area contributed by atoms with Crippen molar-refractivity contribution in [3.8, 4) is 0 Å². The van der Waals surface area contributed by atoms with Crippen molar-refractivity contribution in [1.29, 1.82) is 0 Å². The number of carbonyl (C=O) groups is 1. The van der Waals surface area contributed by atoms with Crippen LogP contribution in [0, 0.1) is 5.82 Å². The van der Waals surface area contributed by atoms with Crippen LogP contribution in [0.2, 0.25) is 0 Å². The molecule has 0 fully saturated rings. The molecule has 0 spiro atoms. The average molecular weight is 247 g/mol. The second-order valence-electron chi connectivity index (χ2n) is 3.59. The van der Waals surface area contributed by atoms with E-state index < -0.39 is 5.97 Å². The molecule has 2 aromatic rings. The lowest BCUT2D eigenvalue weighted by Gasteiger charge is -2.05. The van der Waals surface area contributed by atoms with Gasteiger partial charge in [-0.25, -0.2) is 9.18 Å². The summed E-state index contributed by atoms with van der Waals surface area (Å²) in [5, 5.41) is 18.8. The summed E-state index contributed by atoms with van der Waals surface area (Å²) in [6, 6.07) is 9.02. The fourth-order valence-electron chi connectivity index (χ4n) is 1.38. The molecule has 1 aromatic heterocycles. The largest absolute Gasteiger partial charge is 0.476 e. The molecule has 18 heavy (non-hydrogen) atoms. The molecule has 0 saturated carbocycles. The fraction of sp³-hybridized carbons (Fsp3) is 0.0833. The number of halogens is 1. The first-order chi connectivity index (χ1) is 8.65. The van der Waals surface area contributed by atoms with Crippen LogP contribution in [0.5, 0.6) is 0 Å². The topological polar surface area (TPSA) is 75.1 Å². The minimum atomic E-state index is -1.13. The van der Waals surface area contributed by atoms with Gasteiger partial charge in [-0.1, -0.05) is 12.1 Å². The zero-order chi connectivity index (χ0) is 13.0. The first-order valence-corrected chi connectivity index (χ1v) is 5.20. The van der Waals surface area contributed by atoms with Crippen LogP contribution in [-0.4, -0.2) is 21.3 Å². The van der Waals surface area contributed by atoms with Crippen LogP contribution < -0.4 is 5.32 Å². The van der Waals surface area contributed by atoms with Crippen molar-refractivity contribution >= 4 is 11.8 Å². The highest BCUT2D eigenvalue weighted by molar-refractivity contribution is 5.85. The number of hydrogen-bond donors (Lipinski definition) is 2. The molecule has 5 nitrogen and oxygen atoms in total. The van der Waals surface area contributed by atoms with Gasteiger partial charge in [0, 0.05) is 6.54 Å². The third kappa shape index (κ3) is 3.00. The maximum Gasteiger partial charge on any atom is 0.356 e. The van der Waals surface area contributed by atoms with E-state index in [2.05, 4.69) is 15.5 Å². The van der Waals surface area contributed by atoms with Gasteiger partial charge >= 0.3 is 5.97 Å². The second kappa shape index (κ2) is 5.22. The zero-order valence-electron chi connectivity index (χ0n) is 9.30. The van der Waals surface area contributed by atoms with Crippen LogP contribution >= 0.6 is 0 Å². The molecule has 0 aliphatic carbocycles. The van der Waals surface area contributed by atoms with E-state index in [0.717, 1.165) is 5.56 Å². The number of aromatic carboxylic acids is 1. The quantitative estimate of drug-likeness (QED) is 0.863. The van der Waals surface area contributed by atoms with E-state index in [9.17, 15) is 9.18 Å². The van der Waals surface area contributed by atoms with Gasteiger partial charge in [0.1, 0.15) is 11.6 Å². The summed E-state index contributed by atoms with van der Waals surface area (Å²) < 4.78 is 12.9. The molecule has 0 aliphatic rings. The molecule has 0 atom stereocenters. The van der Waals surface area contributed by atoms with Gasteiger partial charge in [0.15, 0.2) is 5.69 Å². The molecule has 1 aromatic carbocycles. The van der Waals surface area contributed by atoms with E-state index in [1.165, 1.54) is 24.3 Å². The number of aromatic nitrogens is 2. The van der Waals surface area contributed by atoms with Gasteiger partial charge in [0.2, 0.25) is 0 Å². The molecule has 0 unspecified atom stereocenters. The Kier molecular flexibility index (Phi) is 3.47. The van der Waals surface area contributed by atoms with Gasteiger partial charge in [-0.15, -0.1) is 10.2 Å². The SMILES string of the molecule is O=C(O)c1ccc(NCc2cccc(F)c2)nn1. The van der Waals surface area contributed by atoms with Gasteiger partial charge in [0.25, 0.3) is 0 Å². The molecule has 92 valence electrons. The summed E-state index contributed by atoms with van der Waals surface area (Å²) in [5.41, 5.74) is 0.644. The van der Waals surface area contributed by atoms with Crippen molar-refractivity contribution in [1.82, 2.24) is 10.2 Å². The van der Waals surface area contributed by atoms with Crippen molar-refractivity contribution in [3.05, 3.63) is 53.5 Å². The number of benzene rings is 1. The predicted molar refractivity (Wildman–Crippen MR) is 62.7 cm³/mol. The molecule has 6 heteroatoms. The first-order valence-electron chi connectivity index (χ1n) is 5.20. The molecule has 1 heterocycles. The number of carboxylic acid groups (broad SMARTS) is 1. The Morgan fingerprint density at radius 2 is 2.11 bits per heavy atom. The van der Waals surface area contributed by atoms with Crippen molar-refractivity contribution < 1.29 is 14.3 Å². The van der Waals surface area contributed by atoms with Crippen molar-refractivity contribution in [2.75, 3.05) is 5.32 Å². The first kappa shape index (κ1) is 12.0. The maximum atomic E-state index is 12.9. The molecular formula is C12H10FN3O2. The van der Waals surface area contributed by atoms with Gasteiger partial charge in [-0.05, 0) is 29.8 Å². The molecule has 2 rings (SSSR count). The lowest BCUT2D eigenvalue weighted by atomic mass is 10.2. The van der Waals surface area contributed by atoms with E-state index >= 15 is 0 Å². The predicted octanol–water partition coefficient (Wildman–Crippen LogP) is 1.93. The Labute approximate surface area is 102 Å². The Hall–Kier alpha value is -2.50. The Morgan fingerprint density at radius 3 is 2.72 bits per heavy atom. The summed E-state index contributed by atoms with van der Waals surface area (Å²) >= 11 is 0.